The van der Waals surface area contributed by atoms with E-state index in [4.69, 9.17) is 4.74 Å². The molecule has 1 aromatic heterocycles. The molecular formula is C13H20N2O3S. The van der Waals surface area contributed by atoms with Crippen molar-refractivity contribution in [3.8, 4) is 0 Å². The predicted octanol–water partition coefficient (Wildman–Crippen LogP) is 2.24. The average molecular weight is 284 g/mol. The molecule has 0 bridgehead atoms. The van der Waals surface area contributed by atoms with E-state index in [1.807, 2.05) is 13.8 Å². The molecule has 106 valence electrons. The number of hydrogen-bond donors (Lipinski definition) is 1. The molecule has 0 unspecified atom stereocenters. The number of nitrogens with one attached hydrogen (secondary N) is 1. The fraction of sp³-hybridized carbons (Fsp3) is 0.615. The Labute approximate surface area is 117 Å². The highest BCUT2D eigenvalue weighted by atomic mass is 32.1. The summed E-state index contributed by atoms with van der Waals surface area (Å²) in [5.74, 6) is -0.765. The summed E-state index contributed by atoms with van der Waals surface area (Å²) in [6.45, 7) is 9.12. The van der Waals surface area contributed by atoms with Gasteiger partial charge in [0.25, 0.3) is 5.91 Å². The minimum absolute atomic E-state index is 0.0493. The van der Waals surface area contributed by atoms with E-state index in [-0.39, 0.29) is 11.8 Å². The maximum Gasteiger partial charge on any atom is 0.329 e. The highest BCUT2D eigenvalue weighted by Gasteiger charge is 2.29. The lowest BCUT2D eigenvalue weighted by Gasteiger charge is -2.26. The number of carbonyl (C=O) groups is 2. The third-order valence-corrected chi connectivity index (χ3v) is 3.04. The summed E-state index contributed by atoms with van der Waals surface area (Å²) in [6, 6.07) is -0.658. The number of hydrogen-bond acceptors (Lipinski definition) is 5. The molecule has 0 aliphatic carbocycles. The van der Waals surface area contributed by atoms with Gasteiger partial charge in [0.1, 0.15) is 16.5 Å². The van der Waals surface area contributed by atoms with Crippen molar-refractivity contribution >= 4 is 23.2 Å². The number of amides is 1. The molecule has 0 saturated heterocycles. The first kappa shape index (κ1) is 15.6. The maximum absolute atomic E-state index is 12.1. The molecule has 5 nitrogen and oxygen atoms in total. The zero-order valence-electron chi connectivity index (χ0n) is 11.9. The molecule has 0 aliphatic rings. The molecule has 1 N–H and O–H groups in total. The highest BCUT2D eigenvalue weighted by molar-refractivity contribution is 7.11. The van der Waals surface area contributed by atoms with Crippen LogP contribution in [0.1, 0.15) is 44.3 Å². The molecule has 0 aromatic carbocycles. The molecule has 0 fully saturated rings. The van der Waals surface area contributed by atoms with Crippen molar-refractivity contribution in [3.63, 3.8) is 0 Å². The Bertz CT molecular complexity index is 435. The third-order valence-electron chi connectivity index (χ3n) is 2.27. The number of ether oxygens (including phenoxy) is 1. The van der Waals surface area contributed by atoms with E-state index in [2.05, 4.69) is 10.3 Å². The molecule has 1 atom stereocenters. The van der Waals surface area contributed by atoms with Crippen molar-refractivity contribution in [1.82, 2.24) is 10.3 Å². The number of thiazole rings is 1. The van der Waals surface area contributed by atoms with E-state index >= 15 is 0 Å². The van der Waals surface area contributed by atoms with Gasteiger partial charge in [-0.1, -0.05) is 13.8 Å². The van der Waals surface area contributed by atoms with Crippen LogP contribution in [0.5, 0.6) is 0 Å². The fourth-order valence-electron chi connectivity index (χ4n) is 1.40. The standard InChI is InChI=1S/C13H20N2O3S/c1-8(2)10(12(17)18-13(3,4)5)15-11(16)9-6-14-7-19-9/h6-8,10H,1-5H3,(H,15,16)/t10-/m0/s1. The summed E-state index contributed by atoms with van der Waals surface area (Å²) in [5.41, 5.74) is 1.01. The van der Waals surface area contributed by atoms with Crippen molar-refractivity contribution in [2.24, 2.45) is 5.92 Å². The van der Waals surface area contributed by atoms with Crippen LogP contribution in [0.4, 0.5) is 0 Å². The van der Waals surface area contributed by atoms with E-state index in [0.717, 1.165) is 0 Å². The van der Waals surface area contributed by atoms with Crippen LogP contribution in [-0.4, -0.2) is 28.5 Å². The topological polar surface area (TPSA) is 68.3 Å². The van der Waals surface area contributed by atoms with Crippen molar-refractivity contribution in [2.45, 2.75) is 46.3 Å². The van der Waals surface area contributed by atoms with Crippen molar-refractivity contribution < 1.29 is 14.3 Å². The molecule has 0 spiro atoms. The van der Waals surface area contributed by atoms with Gasteiger partial charge in [0.05, 0.1) is 11.7 Å². The van der Waals surface area contributed by atoms with Gasteiger partial charge in [0, 0.05) is 0 Å². The summed E-state index contributed by atoms with van der Waals surface area (Å²) in [5, 5.41) is 2.70. The van der Waals surface area contributed by atoms with Gasteiger partial charge in [-0.25, -0.2) is 4.79 Å². The number of carbonyl (C=O) groups excluding carboxylic acids is 2. The largest absolute Gasteiger partial charge is 0.458 e. The second-order valence-electron chi connectivity index (χ2n) is 5.59. The van der Waals surface area contributed by atoms with Gasteiger partial charge in [0.2, 0.25) is 0 Å². The summed E-state index contributed by atoms with van der Waals surface area (Å²) < 4.78 is 5.31. The maximum atomic E-state index is 12.1. The van der Waals surface area contributed by atoms with Crippen LogP contribution in [0.25, 0.3) is 0 Å². The molecular weight excluding hydrogens is 264 g/mol. The molecule has 19 heavy (non-hydrogen) atoms. The van der Waals surface area contributed by atoms with E-state index < -0.39 is 17.6 Å². The minimum Gasteiger partial charge on any atom is -0.458 e. The van der Waals surface area contributed by atoms with Crippen molar-refractivity contribution in [2.75, 3.05) is 0 Å². The van der Waals surface area contributed by atoms with Gasteiger partial charge in [-0.15, -0.1) is 11.3 Å². The minimum atomic E-state index is -0.658. The summed E-state index contributed by atoms with van der Waals surface area (Å²) in [6.07, 6.45) is 1.48. The second kappa shape index (κ2) is 6.14. The number of rotatable bonds is 4. The first-order valence-electron chi connectivity index (χ1n) is 6.13. The van der Waals surface area contributed by atoms with Crippen LogP contribution < -0.4 is 5.32 Å². The summed E-state index contributed by atoms with van der Waals surface area (Å²) >= 11 is 1.23. The quantitative estimate of drug-likeness (QED) is 0.861. The van der Waals surface area contributed by atoms with Gasteiger partial charge in [-0.2, -0.15) is 0 Å². The lowest BCUT2D eigenvalue weighted by molar-refractivity contribution is -0.158. The Kier molecular flexibility index (Phi) is 5.05. The molecule has 0 radical (unpaired) electrons. The smallest absolute Gasteiger partial charge is 0.329 e. The van der Waals surface area contributed by atoms with Crippen LogP contribution in [0, 0.1) is 5.92 Å². The normalized spacial score (nSPS) is 13.2. The molecule has 1 aromatic rings. The summed E-state index contributed by atoms with van der Waals surface area (Å²) in [4.78, 5) is 28.3. The Morgan fingerprint density at radius 3 is 2.42 bits per heavy atom. The van der Waals surface area contributed by atoms with Crippen LogP contribution in [0.3, 0.4) is 0 Å². The third kappa shape index (κ3) is 4.98. The van der Waals surface area contributed by atoms with E-state index in [1.54, 1.807) is 26.3 Å². The van der Waals surface area contributed by atoms with Crippen LogP contribution in [0.2, 0.25) is 0 Å². The first-order valence-corrected chi connectivity index (χ1v) is 7.01. The molecule has 1 rings (SSSR count). The highest BCUT2D eigenvalue weighted by Crippen LogP contribution is 2.13. The van der Waals surface area contributed by atoms with Gasteiger partial charge < -0.3 is 10.1 Å². The molecule has 0 saturated carbocycles. The lowest BCUT2D eigenvalue weighted by Crippen LogP contribution is -2.47. The average Bonchev–Trinajstić information content (AvgIpc) is 2.75. The monoisotopic (exact) mass is 284 g/mol. The Morgan fingerprint density at radius 2 is 2.00 bits per heavy atom. The Balaban J connectivity index is 2.73. The number of esters is 1. The lowest BCUT2D eigenvalue weighted by atomic mass is 10.0. The Hall–Kier alpha value is -1.43. The van der Waals surface area contributed by atoms with E-state index in [9.17, 15) is 9.59 Å². The SMILES string of the molecule is CC(C)[C@H](NC(=O)c1cncs1)C(=O)OC(C)(C)C. The molecule has 0 aliphatic heterocycles. The molecule has 1 amide bonds. The molecule has 6 heteroatoms. The van der Waals surface area contributed by atoms with E-state index in [0.29, 0.717) is 4.88 Å². The second-order valence-corrected chi connectivity index (χ2v) is 6.48. The predicted molar refractivity (Wildman–Crippen MR) is 74.1 cm³/mol. The van der Waals surface area contributed by atoms with E-state index in [1.165, 1.54) is 17.5 Å². The molecule has 1 heterocycles. The number of nitrogens with zero attached hydrogens (tertiary/aromatic N) is 1. The van der Waals surface area contributed by atoms with Gasteiger partial charge in [0.15, 0.2) is 0 Å². The zero-order valence-corrected chi connectivity index (χ0v) is 12.7. The van der Waals surface area contributed by atoms with Gasteiger partial charge in [-0.05, 0) is 26.7 Å². The fourth-order valence-corrected chi connectivity index (χ4v) is 1.93. The van der Waals surface area contributed by atoms with Crippen LogP contribution in [-0.2, 0) is 9.53 Å². The van der Waals surface area contributed by atoms with Gasteiger partial charge >= 0.3 is 5.97 Å². The van der Waals surface area contributed by atoms with Crippen LogP contribution in [0.15, 0.2) is 11.7 Å². The zero-order chi connectivity index (χ0) is 14.6. The first-order chi connectivity index (χ1) is 8.70. The summed E-state index contributed by atoms with van der Waals surface area (Å²) in [7, 11) is 0. The van der Waals surface area contributed by atoms with Crippen molar-refractivity contribution in [1.29, 1.82) is 0 Å². The van der Waals surface area contributed by atoms with Gasteiger partial charge in [-0.3, -0.25) is 9.78 Å². The van der Waals surface area contributed by atoms with Crippen molar-refractivity contribution in [3.05, 3.63) is 16.6 Å². The Morgan fingerprint density at radius 1 is 1.37 bits per heavy atom. The number of aromatic nitrogens is 1. The van der Waals surface area contributed by atoms with Crippen LogP contribution >= 0.6 is 11.3 Å².